The number of alkyl halides is 3. The maximum atomic E-state index is 13.3. The van der Waals surface area contributed by atoms with Gasteiger partial charge < -0.3 is 19.5 Å². The van der Waals surface area contributed by atoms with E-state index in [9.17, 15) is 22.2 Å². The number of carbonyl (C=O) groups excluding carboxylic acids is 1. The van der Waals surface area contributed by atoms with Crippen LogP contribution in [0.5, 0.6) is 23.0 Å². The van der Waals surface area contributed by atoms with Gasteiger partial charge in [-0.2, -0.15) is 13.2 Å². The Bertz CT molecular complexity index is 1330. The number of hydrogen-bond acceptors (Lipinski definition) is 7. The lowest BCUT2D eigenvalue weighted by molar-refractivity contribution is -0.141. The molecule has 180 valence electrons. The van der Waals surface area contributed by atoms with E-state index < -0.39 is 33.3 Å². The van der Waals surface area contributed by atoms with E-state index in [1.165, 1.54) is 62.9 Å². The van der Waals surface area contributed by atoms with E-state index in [1.807, 2.05) is 0 Å². The summed E-state index contributed by atoms with van der Waals surface area (Å²) in [7, 11) is -0.273. The topological polar surface area (TPSA) is 111 Å². The Morgan fingerprint density at radius 1 is 1.03 bits per heavy atom. The van der Waals surface area contributed by atoms with Gasteiger partial charge in [0.2, 0.25) is 0 Å². The molecule has 1 heterocycles. The summed E-state index contributed by atoms with van der Waals surface area (Å²) < 4.78 is 75.5. The summed E-state index contributed by atoms with van der Waals surface area (Å²) in [5.41, 5.74) is -1.36. The molecule has 0 bridgehead atoms. The summed E-state index contributed by atoms with van der Waals surface area (Å²) in [6.45, 7) is 0. The monoisotopic (exact) mass is 495 g/mol. The van der Waals surface area contributed by atoms with Gasteiger partial charge in [-0.05, 0) is 30.3 Å². The molecule has 1 unspecified atom stereocenters. The third-order valence-corrected chi connectivity index (χ3v) is 5.69. The van der Waals surface area contributed by atoms with E-state index in [1.54, 1.807) is 0 Å². The molecule has 0 aliphatic rings. The van der Waals surface area contributed by atoms with Gasteiger partial charge in [0, 0.05) is 35.2 Å². The van der Waals surface area contributed by atoms with Crippen molar-refractivity contribution in [3.63, 3.8) is 0 Å². The molecule has 12 heteroatoms. The van der Waals surface area contributed by atoms with E-state index >= 15 is 0 Å². The SMILES string of the molecule is COc1ccc(Oc2cc(C(F)(F)F)ncc2C(=O)Nc2cccc(S(C)(=N)=O)c2)c(OC)c1. The third kappa shape index (κ3) is 5.76. The molecule has 0 spiro atoms. The number of halogens is 3. The van der Waals surface area contributed by atoms with E-state index in [-0.39, 0.29) is 27.6 Å². The standard InChI is InChI=1S/C22H20F3N3O5S/c1-31-14-7-8-17(19(10-14)32-2)33-18-11-20(22(23,24)25)27-12-16(18)21(29)28-13-5-4-6-15(9-13)34(3,26)30/h4-12,26H,1-3H3,(H,28,29). The van der Waals surface area contributed by atoms with Crippen molar-refractivity contribution < 1.29 is 36.4 Å². The second-order valence-corrected chi connectivity index (χ2v) is 9.17. The molecule has 1 amide bonds. The highest BCUT2D eigenvalue weighted by atomic mass is 32.2. The zero-order chi connectivity index (χ0) is 25.1. The van der Waals surface area contributed by atoms with Gasteiger partial charge in [-0.3, -0.25) is 9.78 Å². The quantitative estimate of drug-likeness (QED) is 0.466. The fourth-order valence-corrected chi connectivity index (χ4v) is 3.53. The highest BCUT2D eigenvalue weighted by molar-refractivity contribution is 7.91. The van der Waals surface area contributed by atoms with Crippen LogP contribution in [0.1, 0.15) is 16.1 Å². The van der Waals surface area contributed by atoms with Gasteiger partial charge in [-0.25, -0.2) is 8.99 Å². The first kappa shape index (κ1) is 24.8. The molecule has 34 heavy (non-hydrogen) atoms. The van der Waals surface area contributed by atoms with Crippen LogP contribution in [-0.2, 0) is 15.9 Å². The number of nitrogens with one attached hydrogen (secondary N) is 2. The molecule has 1 aromatic heterocycles. The number of aromatic nitrogens is 1. The molecule has 0 saturated heterocycles. The summed E-state index contributed by atoms with van der Waals surface area (Å²) in [6, 6.07) is 10.8. The molecule has 0 aliphatic carbocycles. The van der Waals surface area contributed by atoms with E-state index in [2.05, 4.69) is 10.3 Å². The fraction of sp³-hybridized carbons (Fsp3) is 0.182. The van der Waals surface area contributed by atoms with E-state index in [0.717, 1.165) is 6.20 Å². The molecule has 0 radical (unpaired) electrons. The van der Waals surface area contributed by atoms with Crippen LogP contribution in [-0.4, -0.2) is 35.6 Å². The van der Waals surface area contributed by atoms with Crippen molar-refractivity contribution in [3.05, 3.63) is 66.0 Å². The Balaban J connectivity index is 2.02. The first-order valence-corrected chi connectivity index (χ1v) is 11.5. The summed E-state index contributed by atoms with van der Waals surface area (Å²) in [5, 5.41) is 2.50. The molecule has 2 N–H and O–H groups in total. The van der Waals surface area contributed by atoms with Gasteiger partial charge in [0.25, 0.3) is 5.91 Å². The van der Waals surface area contributed by atoms with Crippen molar-refractivity contribution in [2.24, 2.45) is 0 Å². The predicted molar refractivity (Wildman–Crippen MR) is 118 cm³/mol. The number of benzene rings is 2. The number of carbonyl (C=O) groups is 1. The summed E-state index contributed by atoms with van der Waals surface area (Å²) in [6.07, 6.45) is -2.80. The predicted octanol–water partition coefficient (Wildman–Crippen LogP) is 5.20. The molecular weight excluding hydrogens is 475 g/mol. The number of methoxy groups -OCH3 is 2. The van der Waals surface area contributed by atoms with Crippen molar-refractivity contribution in [3.8, 4) is 23.0 Å². The van der Waals surface area contributed by atoms with Crippen LogP contribution in [0.2, 0.25) is 0 Å². The van der Waals surface area contributed by atoms with Crippen LogP contribution in [0.3, 0.4) is 0 Å². The number of nitrogens with zero attached hydrogens (tertiary/aromatic N) is 1. The van der Waals surface area contributed by atoms with E-state index in [4.69, 9.17) is 19.0 Å². The van der Waals surface area contributed by atoms with Gasteiger partial charge in [-0.1, -0.05) is 6.07 Å². The van der Waals surface area contributed by atoms with E-state index in [0.29, 0.717) is 11.8 Å². The molecule has 8 nitrogen and oxygen atoms in total. The Labute approximate surface area is 193 Å². The van der Waals surface area contributed by atoms with Crippen LogP contribution in [0, 0.1) is 4.78 Å². The zero-order valence-corrected chi connectivity index (χ0v) is 19.0. The zero-order valence-electron chi connectivity index (χ0n) is 18.2. The Kier molecular flexibility index (Phi) is 7.01. The lowest BCUT2D eigenvalue weighted by Crippen LogP contribution is -2.16. The molecule has 2 aromatic carbocycles. The number of anilines is 1. The molecular formula is C22H20F3N3O5S. The maximum absolute atomic E-state index is 13.3. The lowest BCUT2D eigenvalue weighted by atomic mass is 10.2. The van der Waals surface area contributed by atoms with Gasteiger partial charge >= 0.3 is 6.18 Å². The maximum Gasteiger partial charge on any atom is 0.433 e. The first-order chi connectivity index (χ1) is 15.9. The van der Waals surface area contributed by atoms with Crippen LogP contribution < -0.4 is 19.5 Å². The van der Waals surface area contributed by atoms with Crippen LogP contribution >= 0.6 is 0 Å². The first-order valence-electron chi connectivity index (χ1n) is 9.54. The largest absolute Gasteiger partial charge is 0.497 e. The summed E-state index contributed by atoms with van der Waals surface area (Å²) in [4.78, 5) is 16.4. The Hall–Kier alpha value is -3.80. The Morgan fingerprint density at radius 2 is 1.76 bits per heavy atom. The van der Waals surface area contributed by atoms with Crippen molar-refractivity contribution in [2.45, 2.75) is 11.1 Å². The molecule has 0 aliphatic heterocycles. The number of hydrogen-bond donors (Lipinski definition) is 2. The normalized spacial score (nSPS) is 13.0. The summed E-state index contributed by atoms with van der Waals surface area (Å²) in [5.74, 6) is -0.613. The fourth-order valence-electron chi connectivity index (χ4n) is 2.84. The minimum Gasteiger partial charge on any atom is -0.497 e. The van der Waals surface area contributed by atoms with Gasteiger partial charge in [0.15, 0.2) is 11.5 Å². The van der Waals surface area contributed by atoms with Crippen molar-refractivity contribution in [1.29, 1.82) is 4.78 Å². The highest BCUT2D eigenvalue weighted by Crippen LogP contribution is 2.38. The average Bonchev–Trinajstić information content (AvgIpc) is 2.78. The third-order valence-electron chi connectivity index (χ3n) is 4.53. The smallest absolute Gasteiger partial charge is 0.433 e. The minimum atomic E-state index is -4.78. The number of amides is 1. The Morgan fingerprint density at radius 3 is 2.38 bits per heavy atom. The molecule has 1 atom stereocenters. The van der Waals surface area contributed by atoms with Crippen LogP contribution in [0.25, 0.3) is 0 Å². The molecule has 3 rings (SSSR count). The van der Waals surface area contributed by atoms with Crippen molar-refractivity contribution >= 4 is 21.3 Å². The second kappa shape index (κ2) is 9.59. The summed E-state index contributed by atoms with van der Waals surface area (Å²) >= 11 is 0. The lowest BCUT2D eigenvalue weighted by Gasteiger charge is -2.16. The number of rotatable bonds is 7. The average molecular weight is 495 g/mol. The van der Waals surface area contributed by atoms with Crippen LogP contribution in [0.4, 0.5) is 18.9 Å². The number of pyridine rings is 1. The minimum absolute atomic E-state index is 0.0404. The van der Waals surface area contributed by atoms with Crippen molar-refractivity contribution in [1.82, 2.24) is 4.98 Å². The molecule has 3 aromatic rings. The second-order valence-electron chi connectivity index (χ2n) is 7.01. The number of ether oxygens (including phenoxy) is 3. The van der Waals surface area contributed by atoms with Gasteiger partial charge in [-0.15, -0.1) is 0 Å². The van der Waals surface area contributed by atoms with Crippen LogP contribution in [0.15, 0.2) is 59.6 Å². The van der Waals surface area contributed by atoms with Gasteiger partial charge in [0.1, 0.15) is 22.8 Å². The van der Waals surface area contributed by atoms with Crippen molar-refractivity contribution in [2.75, 3.05) is 25.8 Å². The van der Waals surface area contributed by atoms with Gasteiger partial charge in [0.05, 0.1) is 23.9 Å². The molecule has 0 fully saturated rings. The molecule has 0 saturated carbocycles. The highest BCUT2D eigenvalue weighted by Gasteiger charge is 2.34.